The molecule has 0 aliphatic rings. The molecule has 0 spiro atoms. The van der Waals surface area contributed by atoms with E-state index in [2.05, 4.69) is 38.1 Å². The van der Waals surface area contributed by atoms with Crippen LogP contribution in [0.2, 0.25) is 0 Å². The SMILES string of the molecule is CCc1c(OC)cc(CCc2cc(OC)c(CC)c(OC)c2)cc1OC. The molecular weight excluding hydrogens is 328 g/mol. The van der Waals surface area contributed by atoms with Gasteiger partial charge in [0.05, 0.1) is 28.4 Å². The molecule has 4 heteroatoms. The Balaban J connectivity index is 2.28. The zero-order chi connectivity index (χ0) is 19.1. The summed E-state index contributed by atoms with van der Waals surface area (Å²) in [5, 5.41) is 0. The maximum atomic E-state index is 5.55. The largest absolute Gasteiger partial charge is 0.496 e. The smallest absolute Gasteiger partial charge is 0.126 e. The van der Waals surface area contributed by atoms with Crippen LogP contribution in [-0.2, 0) is 25.7 Å². The van der Waals surface area contributed by atoms with Crippen LogP contribution >= 0.6 is 0 Å². The molecule has 0 radical (unpaired) electrons. The first kappa shape index (κ1) is 20.0. The van der Waals surface area contributed by atoms with Crippen LogP contribution in [0.4, 0.5) is 0 Å². The Morgan fingerprint density at radius 2 is 0.808 bits per heavy atom. The summed E-state index contributed by atoms with van der Waals surface area (Å²) in [7, 11) is 6.82. The van der Waals surface area contributed by atoms with Crippen LogP contribution < -0.4 is 18.9 Å². The summed E-state index contributed by atoms with van der Waals surface area (Å²) in [4.78, 5) is 0. The summed E-state index contributed by atoms with van der Waals surface area (Å²) < 4.78 is 22.2. The van der Waals surface area contributed by atoms with Crippen molar-refractivity contribution in [3.63, 3.8) is 0 Å². The standard InChI is InChI=1S/C22H30O4/c1-7-17-19(23-3)11-15(12-20(17)24-4)9-10-16-13-21(25-5)18(8-2)22(14-16)26-6/h11-14H,7-10H2,1-6H3. The van der Waals surface area contributed by atoms with Gasteiger partial charge in [-0.2, -0.15) is 0 Å². The fourth-order valence-electron chi connectivity index (χ4n) is 3.35. The zero-order valence-corrected chi connectivity index (χ0v) is 16.8. The highest BCUT2D eigenvalue weighted by molar-refractivity contribution is 5.50. The van der Waals surface area contributed by atoms with Crippen LogP contribution in [0, 0.1) is 0 Å². The number of aryl methyl sites for hydroxylation is 2. The third kappa shape index (κ3) is 4.24. The van der Waals surface area contributed by atoms with Gasteiger partial charge in [-0.05, 0) is 61.1 Å². The lowest BCUT2D eigenvalue weighted by atomic mass is 9.99. The van der Waals surface area contributed by atoms with E-state index in [9.17, 15) is 0 Å². The Hall–Kier alpha value is -2.36. The van der Waals surface area contributed by atoms with E-state index < -0.39 is 0 Å². The summed E-state index contributed by atoms with van der Waals surface area (Å²) in [5.41, 5.74) is 4.59. The number of methoxy groups -OCH3 is 4. The van der Waals surface area contributed by atoms with Gasteiger partial charge in [-0.3, -0.25) is 0 Å². The minimum absolute atomic E-state index is 0.875. The summed E-state index contributed by atoms with van der Waals surface area (Å²) in [6, 6.07) is 8.43. The average Bonchev–Trinajstić information content (AvgIpc) is 2.70. The quantitative estimate of drug-likeness (QED) is 0.655. The van der Waals surface area contributed by atoms with E-state index in [1.165, 1.54) is 11.1 Å². The van der Waals surface area contributed by atoms with Crippen LogP contribution in [-0.4, -0.2) is 28.4 Å². The summed E-state index contributed by atoms with van der Waals surface area (Å²) >= 11 is 0. The number of hydrogen-bond donors (Lipinski definition) is 0. The van der Waals surface area contributed by atoms with Crippen molar-refractivity contribution in [3.05, 3.63) is 46.5 Å². The Morgan fingerprint density at radius 1 is 0.538 bits per heavy atom. The molecule has 0 fully saturated rings. The van der Waals surface area contributed by atoms with E-state index in [0.29, 0.717) is 0 Å². The normalized spacial score (nSPS) is 10.5. The lowest BCUT2D eigenvalue weighted by molar-refractivity contribution is 0.384. The van der Waals surface area contributed by atoms with Crippen molar-refractivity contribution >= 4 is 0 Å². The van der Waals surface area contributed by atoms with Crippen molar-refractivity contribution in [2.45, 2.75) is 39.5 Å². The first-order valence-electron chi connectivity index (χ1n) is 9.09. The van der Waals surface area contributed by atoms with Crippen LogP contribution in [0.1, 0.15) is 36.1 Å². The van der Waals surface area contributed by atoms with Gasteiger partial charge in [-0.25, -0.2) is 0 Å². The molecular formula is C22H30O4. The fourth-order valence-corrected chi connectivity index (χ4v) is 3.35. The molecule has 0 aromatic heterocycles. The second-order valence-electron chi connectivity index (χ2n) is 6.16. The summed E-state index contributed by atoms with van der Waals surface area (Å²) in [6.07, 6.45) is 3.52. The zero-order valence-electron chi connectivity index (χ0n) is 16.8. The van der Waals surface area contributed by atoms with Gasteiger partial charge in [0.25, 0.3) is 0 Å². The minimum Gasteiger partial charge on any atom is -0.496 e. The molecule has 26 heavy (non-hydrogen) atoms. The van der Waals surface area contributed by atoms with E-state index >= 15 is 0 Å². The number of ether oxygens (including phenoxy) is 4. The summed E-state index contributed by atoms with van der Waals surface area (Å²) in [5.74, 6) is 3.55. The molecule has 0 bridgehead atoms. The van der Waals surface area contributed by atoms with Gasteiger partial charge >= 0.3 is 0 Å². The van der Waals surface area contributed by atoms with Gasteiger partial charge in [-0.15, -0.1) is 0 Å². The fraction of sp³-hybridized carbons (Fsp3) is 0.455. The third-order valence-corrected chi connectivity index (χ3v) is 4.74. The van der Waals surface area contributed by atoms with E-state index in [1.54, 1.807) is 28.4 Å². The van der Waals surface area contributed by atoms with Gasteiger partial charge in [0.1, 0.15) is 23.0 Å². The molecule has 0 N–H and O–H groups in total. The lowest BCUT2D eigenvalue weighted by Gasteiger charge is -2.16. The molecule has 0 heterocycles. The maximum Gasteiger partial charge on any atom is 0.126 e. The molecule has 0 atom stereocenters. The van der Waals surface area contributed by atoms with Crippen molar-refractivity contribution in [2.75, 3.05) is 28.4 Å². The average molecular weight is 358 g/mol. The predicted molar refractivity (Wildman–Crippen MR) is 105 cm³/mol. The van der Waals surface area contributed by atoms with Crippen LogP contribution in [0.25, 0.3) is 0 Å². The molecule has 0 amide bonds. The Morgan fingerprint density at radius 3 is 1.00 bits per heavy atom. The van der Waals surface area contributed by atoms with Crippen molar-refractivity contribution in [1.82, 2.24) is 0 Å². The second kappa shape index (κ2) is 9.37. The molecule has 0 unspecified atom stereocenters. The molecule has 0 aliphatic heterocycles. The van der Waals surface area contributed by atoms with Crippen molar-refractivity contribution in [2.24, 2.45) is 0 Å². The predicted octanol–water partition coefficient (Wildman–Crippen LogP) is 4.63. The molecule has 0 saturated carbocycles. The lowest BCUT2D eigenvalue weighted by Crippen LogP contribution is -2.01. The van der Waals surface area contributed by atoms with E-state index in [1.807, 2.05) is 0 Å². The van der Waals surface area contributed by atoms with Gasteiger partial charge in [0.15, 0.2) is 0 Å². The Bertz CT molecular complexity index is 623. The molecule has 2 aromatic rings. The molecule has 142 valence electrons. The molecule has 2 aromatic carbocycles. The first-order valence-corrected chi connectivity index (χ1v) is 9.09. The third-order valence-electron chi connectivity index (χ3n) is 4.74. The number of benzene rings is 2. The molecule has 4 nitrogen and oxygen atoms in total. The highest BCUT2D eigenvalue weighted by Gasteiger charge is 2.13. The van der Waals surface area contributed by atoms with Gasteiger partial charge < -0.3 is 18.9 Å². The first-order chi connectivity index (χ1) is 12.6. The Labute approximate surface area is 157 Å². The van der Waals surface area contributed by atoms with Crippen molar-refractivity contribution in [3.8, 4) is 23.0 Å². The van der Waals surface area contributed by atoms with E-state index in [4.69, 9.17) is 18.9 Å². The monoisotopic (exact) mass is 358 g/mol. The second-order valence-corrected chi connectivity index (χ2v) is 6.16. The van der Waals surface area contributed by atoms with Gasteiger partial charge in [-0.1, -0.05) is 13.8 Å². The van der Waals surface area contributed by atoms with Crippen LogP contribution in [0.5, 0.6) is 23.0 Å². The maximum absolute atomic E-state index is 5.55. The van der Waals surface area contributed by atoms with E-state index in [-0.39, 0.29) is 0 Å². The van der Waals surface area contributed by atoms with Gasteiger partial charge in [0, 0.05) is 11.1 Å². The molecule has 0 saturated heterocycles. The minimum atomic E-state index is 0.875. The molecule has 2 rings (SSSR count). The Kier molecular flexibility index (Phi) is 7.19. The van der Waals surface area contributed by atoms with Crippen molar-refractivity contribution in [1.29, 1.82) is 0 Å². The highest BCUT2D eigenvalue weighted by Crippen LogP contribution is 2.33. The van der Waals surface area contributed by atoms with Crippen molar-refractivity contribution < 1.29 is 18.9 Å². The van der Waals surface area contributed by atoms with Crippen LogP contribution in [0.3, 0.4) is 0 Å². The highest BCUT2D eigenvalue weighted by atomic mass is 16.5. The van der Waals surface area contributed by atoms with E-state index in [0.717, 1.165) is 59.8 Å². The topological polar surface area (TPSA) is 36.9 Å². The summed E-state index contributed by atoms with van der Waals surface area (Å²) in [6.45, 7) is 4.21. The van der Waals surface area contributed by atoms with Gasteiger partial charge in [0.2, 0.25) is 0 Å². The number of rotatable bonds is 9. The number of hydrogen-bond acceptors (Lipinski definition) is 4. The van der Waals surface area contributed by atoms with Crippen LogP contribution in [0.15, 0.2) is 24.3 Å². The molecule has 0 aliphatic carbocycles.